The maximum Gasteiger partial charge on any atom is 0.245 e. The normalized spacial score (nSPS) is 17.7. The van der Waals surface area contributed by atoms with Crippen molar-refractivity contribution >= 4 is 22.6 Å². The average molecular weight is 578 g/mol. The van der Waals surface area contributed by atoms with Crippen molar-refractivity contribution in [1.82, 2.24) is 20.4 Å². The van der Waals surface area contributed by atoms with Crippen LogP contribution in [0.4, 0.5) is 4.39 Å². The van der Waals surface area contributed by atoms with Gasteiger partial charge in [0.15, 0.2) is 0 Å². The van der Waals surface area contributed by atoms with Crippen molar-refractivity contribution in [3.63, 3.8) is 0 Å². The molecule has 3 atom stereocenters. The number of carbonyl (C=O) groups is 2. The summed E-state index contributed by atoms with van der Waals surface area (Å²) in [6, 6.07) is 20.1. The van der Waals surface area contributed by atoms with Gasteiger partial charge in [-0.1, -0.05) is 54.6 Å². The van der Waals surface area contributed by atoms with Crippen LogP contribution in [0.3, 0.4) is 0 Å². The van der Waals surface area contributed by atoms with Gasteiger partial charge in [-0.2, -0.15) is 0 Å². The lowest BCUT2D eigenvalue weighted by Gasteiger charge is -2.45. The number of nitrogens with two attached hydrogens (primary N) is 1. The number of carbonyl (C=O) groups excluding carboxylic acids is 2. The molecule has 3 unspecified atom stereocenters. The second-order valence-electron chi connectivity index (χ2n) is 11.8. The largest absolute Gasteiger partial charge is 0.382 e. The molecule has 9 heteroatoms. The Bertz CT molecular complexity index is 1340. The number of piperazine rings is 1. The Kier molecular flexibility index (Phi) is 10.7. The van der Waals surface area contributed by atoms with Gasteiger partial charge in [-0.15, -0.1) is 0 Å². The van der Waals surface area contributed by atoms with Crippen molar-refractivity contribution in [3.05, 3.63) is 83.7 Å². The van der Waals surface area contributed by atoms with Crippen molar-refractivity contribution in [2.75, 3.05) is 46.9 Å². The summed E-state index contributed by atoms with van der Waals surface area (Å²) in [6.45, 7) is 6.19. The van der Waals surface area contributed by atoms with Crippen LogP contribution in [0.5, 0.6) is 0 Å². The highest BCUT2D eigenvalue weighted by atomic mass is 19.1. The van der Waals surface area contributed by atoms with Crippen molar-refractivity contribution in [1.29, 1.82) is 0 Å². The summed E-state index contributed by atoms with van der Waals surface area (Å²) in [5.41, 5.74) is 6.90. The minimum atomic E-state index is -1.16. The lowest BCUT2D eigenvalue weighted by molar-refractivity contribution is -0.143. The first-order chi connectivity index (χ1) is 20.1. The highest BCUT2D eigenvalue weighted by Crippen LogP contribution is 2.21. The van der Waals surface area contributed by atoms with Crippen molar-refractivity contribution in [2.45, 2.75) is 50.4 Å². The van der Waals surface area contributed by atoms with Crippen LogP contribution in [0.1, 0.15) is 25.0 Å². The molecule has 8 nitrogen and oxygen atoms in total. The topological polar surface area (TPSA) is 99.9 Å². The predicted molar refractivity (Wildman–Crippen MR) is 165 cm³/mol. The molecule has 0 aliphatic carbocycles. The van der Waals surface area contributed by atoms with Gasteiger partial charge in [0, 0.05) is 45.8 Å². The lowest BCUT2D eigenvalue weighted by Crippen LogP contribution is -2.64. The molecule has 0 aromatic heterocycles. The van der Waals surface area contributed by atoms with Gasteiger partial charge < -0.3 is 26.0 Å². The highest BCUT2D eigenvalue weighted by Gasteiger charge is 2.37. The number of fused-ring (bicyclic) bond motifs is 1. The van der Waals surface area contributed by atoms with E-state index in [0.29, 0.717) is 26.2 Å². The third-order valence-corrected chi connectivity index (χ3v) is 7.94. The third kappa shape index (κ3) is 8.13. The number of ether oxygens (including phenoxy) is 1. The standard InChI is InChI=1S/C33H44FN5O3/c1-33(2,35)32(41)37-30(19-23-10-13-27(34)14-11-23)31(40)39-16-15-38(21-29(39)22-42-4)28(20-36-3)18-24-9-12-25-7-5-6-8-26(25)17-24/h5-14,17,28-30,36H,15-16,18-22,35H2,1-4H3,(H,37,41). The summed E-state index contributed by atoms with van der Waals surface area (Å²) in [4.78, 5) is 31.2. The second-order valence-corrected chi connectivity index (χ2v) is 11.8. The number of nitrogens with zero attached hydrogens (tertiary/aromatic N) is 2. The van der Waals surface area contributed by atoms with Crippen LogP contribution in [-0.4, -0.2) is 92.2 Å². The number of hydrogen-bond donors (Lipinski definition) is 3. The SMILES string of the molecule is CNCC(Cc1ccc2ccccc2c1)N1CCN(C(=O)C(Cc2ccc(F)cc2)NC(=O)C(C)(C)N)C(COC)C1. The lowest BCUT2D eigenvalue weighted by atomic mass is 9.98. The zero-order valence-electron chi connectivity index (χ0n) is 25.1. The third-order valence-electron chi connectivity index (χ3n) is 7.94. The van der Waals surface area contributed by atoms with Gasteiger partial charge in [0.1, 0.15) is 11.9 Å². The van der Waals surface area contributed by atoms with E-state index in [9.17, 15) is 14.0 Å². The van der Waals surface area contributed by atoms with E-state index >= 15 is 0 Å². The molecule has 3 aromatic rings. The number of likely N-dealkylation sites (N-methyl/N-ethyl adjacent to an activating group) is 1. The van der Waals surface area contributed by atoms with Crippen LogP contribution in [0, 0.1) is 5.82 Å². The second kappa shape index (κ2) is 14.2. The molecule has 3 aromatic carbocycles. The van der Waals surface area contributed by atoms with E-state index in [-0.39, 0.29) is 30.2 Å². The summed E-state index contributed by atoms with van der Waals surface area (Å²) in [5, 5.41) is 8.66. The Hall–Kier alpha value is -3.37. The van der Waals surface area contributed by atoms with Crippen LogP contribution < -0.4 is 16.4 Å². The molecule has 0 bridgehead atoms. The van der Waals surface area contributed by atoms with Gasteiger partial charge in [0.25, 0.3) is 0 Å². The average Bonchev–Trinajstić information content (AvgIpc) is 2.97. The van der Waals surface area contributed by atoms with Gasteiger partial charge in [0.2, 0.25) is 11.8 Å². The summed E-state index contributed by atoms with van der Waals surface area (Å²) >= 11 is 0. The van der Waals surface area contributed by atoms with Crippen molar-refractivity contribution < 1.29 is 18.7 Å². The van der Waals surface area contributed by atoms with Crippen molar-refractivity contribution in [2.24, 2.45) is 5.73 Å². The molecule has 0 saturated carbocycles. The maximum atomic E-state index is 14.0. The monoisotopic (exact) mass is 577 g/mol. The Balaban J connectivity index is 1.52. The van der Waals surface area contributed by atoms with Crippen LogP contribution in [-0.2, 0) is 27.2 Å². The van der Waals surface area contributed by atoms with E-state index in [2.05, 4.69) is 58.0 Å². The molecule has 1 fully saturated rings. The number of nitrogens with one attached hydrogen (secondary N) is 2. The van der Waals surface area contributed by atoms with Gasteiger partial charge >= 0.3 is 0 Å². The molecule has 0 radical (unpaired) electrons. The molecule has 1 heterocycles. The molecule has 1 saturated heterocycles. The molecule has 226 valence electrons. The Morgan fingerprint density at radius 2 is 1.71 bits per heavy atom. The zero-order chi connectivity index (χ0) is 30.3. The highest BCUT2D eigenvalue weighted by molar-refractivity contribution is 5.92. The summed E-state index contributed by atoms with van der Waals surface area (Å²) in [6.07, 6.45) is 1.10. The van der Waals surface area contributed by atoms with E-state index in [4.69, 9.17) is 10.5 Å². The first kappa shape index (κ1) is 31.6. The van der Waals surface area contributed by atoms with Gasteiger partial charge in [-0.3, -0.25) is 14.5 Å². The molecular weight excluding hydrogens is 533 g/mol. The molecule has 4 rings (SSSR count). The predicted octanol–water partition coefficient (Wildman–Crippen LogP) is 2.73. The number of amides is 2. The Morgan fingerprint density at radius 3 is 2.38 bits per heavy atom. The molecule has 4 N–H and O–H groups in total. The first-order valence-corrected chi connectivity index (χ1v) is 14.6. The first-order valence-electron chi connectivity index (χ1n) is 14.6. The van der Waals surface area contributed by atoms with Gasteiger partial charge in [0.05, 0.1) is 18.2 Å². The Morgan fingerprint density at radius 1 is 1.02 bits per heavy atom. The molecule has 1 aliphatic rings. The quantitative estimate of drug-likeness (QED) is 0.306. The number of methoxy groups -OCH3 is 1. The summed E-state index contributed by atoms with van der Waals surface area (Å²) in [7, 11) is 3.60. The fraction of sp³-hybridized carbons (Fsp3) is 0.455. The van der Waals surface area contributed by atoms with Crippen molar-refractivity contribution in [3.8, 4) is 0 Å². The number of halogens is 1. The van der Waals surface area contributed by atoms with E-state index < -0.39 is 17.5 Å². The fourth-order valence-corrected chi connectivity index (χ4v) is 5.64. The summed E-state index contributed by atoms with van der Waals surface area (Å²) in [5.74, 6) is -0.975. The fourth-order valence-electron chi connectivity index (χ4n) is 5.64. The smallest absolute Gasteiger partial charge is 0.245 e. The number of rotatable bonds is 12. The molecule has 2 amide bonds. The zero-order valence-corrected chi connectivity index (χ0v) is 25.1. The minimum absolute atomic E-state index is 0.196. The molecule has 42 heavy (non-hydrogen) atoms. The molecular formula is C33H44FN5O3. The van der Waals surface area contributed by atoms with E-state index in [0.717, 1.165) is 18.5 Å². The number of hydrogen-bond acceptors (Lipinski definition) is 6. The Labute approximate surface area is 248 Å². The van der Waals surface area contributed by atoms with Crippen LogP contribution in [0.15, 0.2) is 66.7 Å². The molecule has 1 aliphatic heterocycles. The van der Waals surface area contributed by atoms with E-state index in [1.807, 2.05) is 11.9 Å². The van der Waals surface area contributed by atoms with Crippen LogP contribution >= 0.6 is 0 Å². The van der Waals surface area contributed by atoms with E-state index in [1.165, 1.54) is 28.5 Å². The number of benzene rings is 3. The van der Waals surface area contributed by atoms with Gasteiger partial charge in [-0.05, 0) is 61.3 Å². The van der Waals surface area contributed by atoms with E-state index in [1.54, 1.807) is 33.1 Å². The molecule has 0 spiro atoms. The minimum Gasteiger partial charge on any atom is -0.382 e. The van der Waals surface area contributed by atoms with Crippen LogP contribution in [0.2, 0.25) is 0 Å². The maximum absolute atomic E-state index is 14.0. The van der Waals surface area contributed by atoms with Crippen LogP contribution in [0.25, 0.3) is 10.8 Å². The van der Waals surface area contributed by atoms with Gasteiger partial charge in [-0.25, -0.2) is 4.39 Å². The summed E-state index contributed by atoms with van der Waals surface area (Å²) < 4.78 is 19.1.